The van der Waals surface area contributed by atoms with E-state index in [0.29, 0.717) is 22.8 Å². The third-order valence-corrected chi connectivity index (χ3v) is 4.02. The van der Waals surface area contributed by atoms with Gasteiger partial charge in [-0.2, -0.15) is 0 Å². The van der Waals surface area contributed by atoms with Crippen LogP contribution in [0, 0.1) is 6.92 Å². The third kappa shape index (κ3) is 3.31. The van der Waals surface area contributed by atoms with Crippen LogP contribution in [0.25, 0.3) is 0 Å². The average Bonchev–Trinajstić information content (AvgIpc) is 3.23. The molecule has 1 fully saturated rings. The monoisotopic (exact) mass is 316 g/mol. The SMILES string of the molecule is COc1ccc(OCc2c(C(=O)N3CCCC3)noc2C)cc1. The summed E-state index contributed by atoms with van der Waals surface area (Å²) in [4.78, 5) is 14.3. The van der Waals surface area contributed by atoms with Crippen molar-refractivity contribution < 1.29 is 18.8 Å². The molecule has 1 saturated heterocycles. The maximum absolute atomic E-state index is 12.5. The number of hydrogen-bond donors (Lipinski definition) is 0. The molecular formula is C17H20N2O4. The number of nitrogens with zero attached hydrogens (tertiary/aromatic N) is 2. The summed E-state index contributed by atoms with van der Waals surface area (Å²) in [5.74, 6) is 2.00. The predicted octanol–water partition coefficient (Wildman–Crippen LogP) is 2.81. The summed E-state index contributed by atoms with van der Waals surface area (Å²) in [5.41, 5.74) is 1.07. The van der Waals surface area contributed by atoms with E-state index in [1.165, 1.54) is 0 Å². The van der Waals surface area contributed by atoms with E-state index in [-0.39, 0.29) is 12.5 Å². The Balaban J connectivity index is 1.71. The molecule has 1 aliphatic heterocycles. The van der Waals surface area contributed by atoms with Gasteiger partial charge in [-0.05, 0) is 44.0 Å². The molecule has 0 atom stereocenters. The van der Waals surface area contributed by atoms with E-state index in [0.717, 1.165) is 31.7 Å². The van der Waals surface area contributed by atoms with E-state index in [9.17, 15) is 4.79 Å². The first-order chi connectivity index (χ1) is 11.2. The average molecular weight is 316 g/mol. The second-order valence-electron chi connectivity index (χ2n) is 5.53. The van der Waals surface area contributed by atoms with Crippen molar-refractivity contribution in [2.45, 2.75) is 26.4 Å². The Hall–Kier alpha value is -2.50. The summed E-state index contributed by atoms with van der Waals surface area (Å²) in [5, 5.41) is 3.93. The van der Waals surface area contributed by atoms with Gasteiger partial charge >= 0.3 is 0 Å². The normalized spacial score (nSPS) is 14.1. The van der Waals surface area contributed by atoms with E-state index in [1.807, 2.05) is 29.2 Å². The Kier molecular flexibility index (Phi) is 4.50. The minimum absolute atomic E-state index is 0.0762. The third-order valence-electron chi connectivity index (χ3n) is 4.02. The van der Waals surface area contributed by atoms with Crippen LogP contribution in [0.5, 0.6) is 11.5 Å². The number of aryl methyl sites for hydroxylation is 1. The molecule has 3 rings (SSSR count). The molecule has 0 N–H and O–H groups in total. The highest BCUT2D eigenvalue weighted by molar-refractivity contribution is 5.94. The zero-order chi connectivity index (χ0) is 16.2. The zero-order valence-electron chi connectivity index (χ0n) is 13.4. The van der Waals surface area contributed by atoms with Crippen molar-refractivity contribution in [1.82, 2.24) is 10.1 Å². The molecule has 23 heavy (non-hydrogen) atoms. The molecule has 2 aromatic rings. The van der Waals surface area contributed by atoms with Crippen LogP contribution in [0.1, 0.15) is 34.7 Å². The Morgan fingerprint density at radius 2 is 1.87 bits per heavy atom. The molecule has 1 aliphatic rings. The molecule has 6 nitrogen and oxygen atoms in total. The molecule has 0 aliphatic carbocycles. The van der Waals surface area contributed by atoms with Gasteiger partial charge in [-0.25, -0.2) is 0 Å². The van der Waals surface area contributed by atoms with Gasteiger partial charge in [0.1, 0.15) is 23.9 Å². The Labute approximate surface area is 135 Å². The Morgan fingerprint density at radius 1 is 1.22 bits per heavy atom. The molecule has 6 heteroatoms. The summed E-state index contributed by atoms with van der Waals surface area (Å²) in [6, 6.07) is 7.30. The lowest BCUT2D eigenvalue weighted by atomic mass is 10.2. The van der Waals surface area contributed by atoms with E-state index >= 15 is 0 Å². The number of carbonyl (C=O) groups is 1. The van der Waals surface area contributed by atoms with Gasteiger partial charge in [-0.15, -0.1) is 0 Å². The molecule has 0 radical (unpaired) electrons. The standard InChI is InChI=1S/C17H20N2O4/c1-12-15(11-22-14-7-5-13(21-2)6-8-14)16(18-23-12)17(20)19-9-3-4-10-19/h5-8H,3-4,9-11H2,1-2H3. The fraction of sp³-hybridized carbons (Fsp3) is 0.412. The minimum atomic E-state index is -0.0762. The first-order valence-electron chi connectivity index (χ1n) is 7.70. The smallest absolute Gasteiger partial charge is 0.276 e. The summed E-state index contributed by atoms with van der Waals surface area (Å²) in [6.07, 6.45) is 2.08. The van der Waals surface area contributed by atoms with Gasteiger partial charge in [-0.3, -0.25) is 4.79 Å². The van der Waals surface area contributed by atoms with Crippen LogP contribution < -0.4 is 9.47 Å². The lowest BCUT2D eigenvalue weighted by Gasteiger charge is -2.14. The number of ether oxygens (including phenoxy) is 2. The van der Waals surface area contributed by atoms with Crippen molar-refractivity contribution in [3.05, 3.63) is 41.3 Å². The maximum Gasteiger partial charge on any atom is 0.276 e. The largest absolute Gasteiger partial charge is 0.497 e. The van der Waals surface area contributed by atoms with Gasteiger partial charge < -0.3 is 18.9 Å². The van der Waals surface area contributed by atoms with Crippen LogP contribution in [0.3, 0.4) is 0 Å². The van der Waals surface area contributed by atoms with Crippen molar-refractivity contribution in [2.75, 3.05) is 20.2 Å². The van der Waals surface area contributed by atoms with Gasteiger partial charge in [-0.1, -0.05) is 5.16 Å². The highest BCUT2D eigenvalue weighted by Crippen LogP contribution is 2.22. The number of carbonyl (C=O) groups excluding carboxylic acids is 1. The second-order valence-corrected chi connectivity index (χ2v) is 5.53. The summed E-state index contributed by atoms with van der Waals surface area (Å²) >= 11 is 0. The fourth-order valence-electron chi connectivity index (χ4n) is 2.63. The quantitative estimate of drug-likeness (QED) is 0.848. The van der Waals surface area contributed by atoms with Crippen LogP contribution in [0.2, 0.25) is 0 Å². The van der Waals surface area contributed by atoms with Gasteiger partial charge in [0, 0.05) is 13.1 Å². The highest BCUT2D eigenvalue weighted by Gasteiger charge is 2.26. The number of benzene rings is 1. The van der Waals surface area contributed by atoms with Crippen molar-refractivity contribution in [3.63, 3.8) is 0 Å². The van der Waals surface area contributed by atoms with E-state index in [2.05, 4.69) is 5.16 Å². The first kappa shape index (κ1) is 15.4. The van der Waals surface area contributed by atoms with E-state index in [4.69, 9.17) is 14.0 Å². The Morgan fingerprint density at radius 3 is 2.52 bits per heavy atom. The molecule has 0 bridgehead atoms. The number of rotatable bonds is 5. The zero-order valence-corrected chi connectivity index (χ0v) is 13.4. The maximum atomic E-state index is 12.5. The van der Waals surface area contributed by atoms with Crippen molar-refractivity contribution in [2.24, 2.45) is 0 Å². The van der Waals surface area contributed by atoms with Crippen molar-refractivity contribution in [3.8, 4) is 11.5 Å². The summed E-state index contributed by atoms with van der Waals surface area (Å²) < 4.78 is 16.1. The summed E-state index contributed by atoms with van der Waals surface area (Å²) in [6.45, 7) is 3.60. The minimum Gasteiger partial charge on any atom is -0.497 e. The number of aromatic nitrogens is 1. The molecule has 1 aromatic heterocycles. The van der Waals surface area contributed by atoms with Crippen LogP contribution in [0.4, 0.5) is 0 Å². The van der Waals surface area contributed by atoms with E-state index in [1.54, 1.807) is 14.0 Å². The number of hydrogen-bond acceptors (Lipinski definition) is 5. The number of likely N-dealkylation sites (tertiary alicyclic amines) is 1. The van der Waals surface area contributed by atoms with Gasteiger partial charge in [0.25, 0.3) is 5.91 Å². The Bertz CT molecular complexity index is 672. The van der Waals surface area contributed by atoms with E-state index < -0.39 is 0 Å². The number of methoxy groups -OCH3 is 1. The summed E-state index contributed by atoms with van der Waals surface area (Å²) in [7, 11) is 1.62. The van der Waals surface area contributed by atoms with Gasteiger partial charge in [0.15, 0.2) is 5.69 Å². The predicted molar refractivity (Wildman–Crippen MR) is 83.7 cm³/mol. The van der Waals surface area contributed by atoms with Crippen LogP contribution in [-0.2, 0) is 6.61 Å². The fourth-order valence-corrected chi connectivity index (χ4v) is 2.63. The molecule has 1 aromatic carbocycles. The van der Waals surface area contributed by atoms with Crippen LogP contribution in [-0.4, -0.2) is 36.2 Å². The lowest BCUT2D eigenvalue weighted by molar-refractivity contribution is 0.0780. The molecule has 1 amide bonds. The van der Waals surface area contributed by atoms with Gasteiger partial charge in [0.2, 0.25) is 0 Å². The lowest BCUT2D eigenvalue weighted by Crippen LogP contribution is -2.28. The first-order valence-corrected chi connectivity index (χ1v) is 7.70. The highest BCUT2D eigenvalue weighted by atomic mass is 16.5. The van der Waals surface area contributed by atoms with Crippen molar-refractivity contribution in [1.29, 1.82) is 0 Å². The second kappa shape index (κ2) is 6.73. The molecular weight excluding hydrogens is 296 g/mol. The van der Waals surface area contributed by atoms with Crippen molar-refractivity contribution >= 4 is 5.91 Å². The van der Waals surface area contributed by atoms with Gasteiger partial charge in [0.05, 0.1) is 12.7 Å². The molecule has 122 valence electrons. The molecule has 0 saturated carbocycles. The molecule has 2 heterocycles. The topological polar surface area (TPSA) is 64.8 Å². The molecule has 0 unspecified atom stereocenters. The van der Waals surface area contributed by atoms with Crippen LogP contribution >= 0.6 is 0 Å². The molecule has 0 spiro atoms. The number of amides is 1. The van der Waals surface area contributed by atoms with Crippen LogP contribution in [0.15, 0.2) is 28.8 Å².